The molecule has 0 spiro atoms. The van der Waals surface area contributed by atoms with Gasteiger partial charge in [-0.2, -0.15) is 0 Å². The molecule has 0 rings (SSSR count). The molecule has 0 aliphatic rings. The molecule has 0 aliphatic carbocycles. The summed E-state index contributed by atoms with van der Waals surface area (Å²) in [5.41, 5.74) is 5.95. The Balaban J connectivity index is 4.03. The van der Waals surface area contributed by atoms with Crippen molar-refractivity contribution < 1.29 is 5.11 Å². The highest BCUT2D eigenvalue weighted by Gasteiger charge is 2.25. The van der Waals surface area contributed by atoms with Crippen LogP contribution in [0, 0.1) is 0 Å². The highest BCUT2D eigenvalue weighted by atomic mass is 16.3. The van der Waals surface area contributed by atoms with Crippen molar-refractivity contribution in [2.45, 2.75) is 51.5 Å². The molecule has 3 nitrogen and oxygen atoms in total. The number of hydrogen-bond donors (Lipinski definition) is 3. The zero-order valence-corrected chi connectivity index (χ0v) is 9.68. The van der Waals surface area contributed by atoms with E-state index < -0.39 is 0 Å². The maximum atomic E-state index is 8.72. The van der Waals surface area contributed by atoms with Crippen LogP contribution in [0.5, 0.6) is 0 Å². The van der Waals surface area contributed by atoms with Gasteiger partial charge in [0.2, 0.25) is 0 Å². The Labute approximate surface area is 88.1 Å². The summed E-state index contributed by atoms with van der Waals surface area (Å²) >= 11 is 0. The van der Waals surface area contributed by atoms with E-state index in [1.807, 2.05) is 0 Å². The molecule has 0 radical (unpaired) electrons. The van der Waals surface area contributed by atoms with Gasteiger partial charge in [0.1, 0.15) is 0 Å². The van der Waals surface area contributed by atoms with Crippen molar-refractivity contribution in [3.05, 3.63) is 0 Å². The van der Waals surface area contributed by atoms with Crippen LogP contribution in [-0.4, -0.2) is 30.3 Å². The number of rotatable bonds is 9. The summed E-state index contributed by atoms with van der Waals surface area (Å²) in [6.45, 7) is 6.20. The fourth-order valence-electron chi connectivity index (χ4n) is 1.97. The summed E-state index contributed by atoms with van der Waals surface area (Å²) in [4.78, 5) is 0. The second-order valence-electron chi connectivity index (χ2n) is 3.99. The predicted molar refractivity (Wildman–Crippen MR) is 61.3 cm³/mol. The van der Waals surface area contributed by atoms with Gasteiger partial charge in [0.25, 0.3) is 0 Å². The minimum atomic E-state index is 0.110. The molecule has 0 aromatic rings. The first-order chi connectivity index (χ1) is 6.74. The standard InChI is InChI=1S/C11H26N2O/c1-3-6-11(10-12,7-4-2)13-8-5-9-14/h13-14H,3-10,12H2,1-2H3. The molecule has 0 aromatic heterocycles. The number of nitrogens with one attached hydrogen (secondary N) is 1. The van der Waals surface area contributed by atoms with Crippen LogP contribution in [0.25, 0.3) is 0 Å². The number of aliphatic hydroxyl groups excluding tert-OH is 1. The van der Waals surface area contributed by atoms with Crippen LogP contribution in [-0.2, 0) is 0 Å². The van der Waals surface area contributed by atoms with Crippen molar-refractivity contribution in [3.8, 4) is 0 Å². The first-order valence-electron chi connectivity index (χ1n) is 5.80. The topological polar surface area (TPSA) is 58.3 Å². The summed E-state index contributed by atoms with van der Waals surface area (Å²) in [7, 11) is 0. The zero-order chi connectivity index (χ0) is 10.9. The number of hydrogen-bond acceptors (Lipinski definition) is 3. The number of aliphatic hydroxyl groups is 1. The third kappa shape index (κ3) is 4.94. The third-order valence-corrected chi connectivity index (χ3v) is 2.68. The monoisotopic (exact) mass is 202 g/mol. The molecule has 86 valence electrons. The van der Waals surface area contributed by atoms with Gasteiger partial charge in [0.05, 0.1) is 0 Å². The Kier molecular flexibility index (Phi) is 8.14. The highest BCUT2D eigenvalue weighted by Crippen LogP contribution is 2.18. The fraction of sp³-hybridized carbons (Fsp3) is 1.00. The molecule has 0 bridgehead atoms. The van der Waals surface area contributed by atoms with Crippen LogP contribution in [0.15, 0.2) is 0 Å². The van der Waals surface area contributed by atoms with Crippen molar-refractivity contribution in [1.82, 2.24) is 5.32 Å². The van der Waals surface area contributed by atoms with Gasteiger partial charge in [-0.1, -0.05) is 26.7 Å². The van der Waals surface area contributed by atoms with Crippen molar-refractivity contribution >= 4 is 0 Å². The second-order valence-corrected chi connectivity index (χ2v) is 3.99. The van der Waals surface area contributed by atoms with Gasteiger partial charge in [-0.05, 0) is 25.8 Å². The van der Waals surface area contributed by atoms with Gasteiger partial charge < -0.3 is 16.2 Å². The van der Waals surface area contributed by atoms with Crippen molar-refractivity contribution in [2.24, 2.45) is 5.73 Å². The third-order valence-electron chi connectivity index (χ3n) is 2.68. The molecular weight excluding hydrogens is 176 g/mol. The molecule has 4 N–H and O–H groups in total. The fourth-order valence-corrected chi connectivity index (χ4v) is 1.97. The number of nitrogens with two attached hydrogens (primary N) is 1. The first kappa shape index (κ1) is 13.9. The predicted octanol–water partition coefficient (Wildman–Crippen LogP) is 1.26. The maximum absolute atomic E-state index is 8.72. The zero-order valence-electron chi connectivity index (χ0n) is 9.68. The average molecular weight is 202 g/mol. The average Bonchev–Trinajstić information content (AvgIpc) is 2.19. The van der Waals surface area contributed by atoms with Crippen LogP contribution in [0.4, 0.5) is 0 Å². The summed E-state index contributed by atoms with van der Waals surface area (Å²) in [6, 6.07) is 0. The van der Waals surface area contributed by atoms with Crippen LogP contribution < -0.4 is 11.1 Å². The van der Waals surface area contributed by atoms with E-state index in [0.29, 0.717) is 6.54 Å². The summed E-state index contributed by atoms with van der Waals surface area (Å²) in [5, 5.41) is 12.2. The van der Waals surface area contributed by atoms with E-state index in [0.717, 1.165) is 38.6 Å². The SMILES string of the molecule is CCCC(CN)(CCC)NCCCO. The van der Waals surface area contributed by atoms with Gasteiger partial charge in [-0.15, -0.1) is 0 Å². The first-order valence-corrected chi connectivity index (χ1v) is 5.80. The van der Waals surface area contributed by atoms with Gasteiger partial charge in [-0.3, -0.25) is 0 Å². The lowest BCUT2D eigenvalue weighted by Crippen LogP contribution is -2.51. The Morgan fingerprint density at radius 1 is 1.21 bits per heavy atom. The summed E-state index contributed by atoms with van der Waals surface area (Å²) in [5.74, 6) is 0. The van der Waals surface area contributed by atoms with E-state index in [2.05, 4.69) is 19.2 Å². The minimum Gasteiger partial charge on any atom is -0.396 e. The van der Waals surface area contributed by atoms with Gasteiger partial charge in [0.15, 0.2) is 0 Å². The Morgan fingerprint density at radius 2 is 1.79 bits per heavy atom. The molecule has 0 saturated heterocycles. The molecule has 3 heteroatoms. The van der Waals surface area contributed by atoms with Crippen LogP contribution >= 0.6 is 0 Å². The van der Waals surface area contributed by atoms with Crippen LogP contribution in [0.1, 0.15) is 46.0 Å². The largest absolute Gasteiger partial charge is 0.396 e. The van der Waals surface area contributed by atoms with E-state index in [-0.39, 0.29) is 12.1 Å². The van der Waals surface area contributed by atoms with E-state index >= 15 is 0 Å². The Morgan fingerprint density at radius 3 is 2.14 bits per heavy atom. The highest BCUT2D eigenvalue weighted by molar-refractivity contribution is 4.88. The maximum Gasteiger partial charge on any atom is 0.0443 e. The van der Waals surface area contributed by atoms with E-state index in [1.54, 1.807) is 0 Å². The molecular formula is C11H26N2O. The molecule has 0 unspecified atom stereocenters. The summed E-state index contributed by atoms with van der Waals surface area (Å²) in [6.07, 6.45) is 5.38. The Hall–Kier alpha value is -0.120. The lowest BCUT2D eigenvalue weighted by molar-refractivity contribution is 0.250. The molecule has 0 fully saturated rings. The molecule has 0 atom stereocenters. The molecule has 0 aliphatic heterocycles. The molecule has 0 heterocycles. The van der Waals surface area contributed by atoms with E-state index in [9.17, 15) is 0 Å². The minimum absolute atomic E-state index is 0.110. The lowest BCUT2D eigenvalue weighted by atomic mass is 9.88. The Bertz CT molecular complexity index is 122. The molecule has 0 amide bonds. The summed E-state index contributed by atoms with van der Waals surface area (Å²) < 4.78 is 0. The van der Waals surface area contributed by atoms with Gasteiger partial charge in [-0.25, -0.2) is 0 Å². The van der Waals surface area contributed by atoms with E-state index in [4.69, 9.17) is 10.8 Å². The van der Waals surface area contributed by atoms with Crippen LogP contribution in [0.2, 0.25) is 0 Å². The van der Waals surface area contributed by atoms with Gasteiger partial charge >= 0.3 is 0 Å². The van der Waals surface area contributed by atoms with E-state index in [1.165, 1.54) is 0 Å². The van der Waals surface area contributed by atoms with Crippen molar-refractivity contribution in [2.75, 3.05) is 19.7 Å². The molecule has 0 saturated carbocycles. The smallest absolute Gasteiger partial charge is 0.0443 e. The van der Waals surface area contributed by atoms with Crippen molar-refractivity contribution in [3.63, 3.8) is 0 Å². The second kappa shape index (κ2) is 8.21. The quantitative estimate of drug-likeness (QED) is 0.493. The van der Waals surface area contributed by atoms with Gasteiger partial charge in [0, 0.05) is 18.7 Å². The van der Waals surface area contributed by atoms with Crippen LogP contribution in [0.3, 0.4) is 0 Å². The molecule has 0 aromatic carbocycles. The van der Waals surface area contributed by atoms with Crippen molar-refractivity contribution in [1.29, 1.82) is 0 Å². The molecule has 14 heavy (non-hydrogen) atoms. The normalized spacial score (nSPS) is 12.0. The lowest BCUT2D eigenvalue weighted by Gasteiger charge is -2.33.